The van der Waals surface area contributed by atoms with Gasteiger partial charge in [-0.25, -0.2) is 8.78 Å². The molecular weight excluding hydrogens is 230 g/mol. The van der Waals surface area contributed by atoms with E-state index in [-0.39, 0.29) is 5.56 Å². The number of hydrogen-bond acceptors (Lipinski definition) is 3. The fourth-order valence-electron chi connectivity index (χ4n) is 2.06. The zero-order valence-corrected chi connectivity index (χ0v) is 9.50. The molecule has 94 valence electrons. The lowest BCUT2D eigenvalue weighted by Gasteiger charge is -2.32. The Hall–Kier alpha value is -1.20. The SMILES string of the molecule is COc1c(F)ccc(C2(O)CCOCC2)c1F. The van der Waals surface area contributed by atoms with Crippen LogP contribution in [0.4, 0.5) is 8.78 Å². The number of halogens is 2. The normalized spacial score (nSPS) is 19.1. The molecule has 0 atom stereocenters. The molecule has 0 bridgehead atoms. The summed E-state index contributed by atoms with van der Waals surface area (Å²) in [6.45, 7) is 0.714. The van der Waals surface area contributed by atoms with Gasteiger partial charge in [0.1, 0.15) is 0 Å². The van der Waals surface area contributed by atoms with E-state index in [1.54, 1.807) is 0 Å². The summed E-state index contributed by atoms with van der Waals surface area (Å²) in [5, 5.41) is 10.3. The van der Waals surface area contributed by atoms with Crippen LogP contribution in [0.3, 0.4) is 0 Å². The minimum absolute atomic E-state index is 0.0686. The molecule has 0 unspecified atom stereocenters. The van der Waals surface area contributed by atoms with Gasteiger partial charge in [-0.2, -0.15) is 0 Å². The first-order valence-corrected chi connectivity index (χ1v) is 5.41. The smallest absolute Gasteiger partial charge is 0.190 e. The van der Waals surface area contributed by atoms with E-state index in [4.69, 9.17) is 4.74 Å². The molecule has 1 heterocycles. The van der Waals surface area contributed by atoms with Crippen molar-refractivity contribution in [2.45, 2.75) is 18.4 Å². The summed E-state index contributed by atoms with van der Waals surface area (Å²) < 4.78 is 37.0. The van der Waals surface area contributed by atoms with E-state index in [0.29, 0.717) is 26.1 Å². The maximum atomic E-state index is 14.0. The Morgan fingerprint density at radius 2 is 1.94 bits per heavy atom. The first-order valence-electron chi connectivity index (χ1n) is 5.41. The second-order valence-corrected chi connectivity index (χ2v) is 4.09. The van der Waals surface area contributed by atoms with Crippen LogP contribution in [0.5, 0.6) is 5.75 Å². The van der Waals surface area contributed by atoms with Gasteiger partial charge in [0.05, 0.1) is 12.7 Å². The standard InChI is InChI=1S/C12H14F2O3/c1-16-11-9(13)3-2-8(10(11)14)12(15)4-6-17-7-5-12/h2-3,15H,4-7H2,1H3. The van der Waals surface area contributed by atoms with Gasteiger partial charge in [0.15, 0.2) is 17.4 Å². The van der Waals surface area contributed by atoms with E-state index in [9.17, 15) is 13.9 Å². The van der Waals surface area contributed by atoms with Crippen LogP contribution >= 0.6 is 0 Å². The highest BCUT2D eigenvalue weighted by Crippen LogP contribution is 2.37. The third-order valence-electron chi connectivity index (χ3n) is 3.07. The van der Waals surface area contributed by atoms with E-state index in [2.05, 4.69) is 4.74 Å². The average molecular weight is 244 g/mol. The van der Waals surface area contributed by atoms with Gasteiger partial charge in [0.25, 0.3) is 0 Å². The fraction of sp³-hybridized carbons (Fsp3) is 0.500. The van der Waals surface area contributed by atoms with Gasteiger partial charge in [-0.1, -0.05) is 6.07 Å². The third-order valence-corrected chi connectivity index (χ3v) is 3.07. The van der Waals surface area contributed by atoms with Crippen molar-refractivity contribution in [1.82, 2.24) is 0 Å². The maximum Gasteiger partial charge on any atom is 0.190 e. The molecule has 1 aliphatic rings. The summed E-state index contributed by atoms with van der Waals surface area (Å²) >= 11 is 0. The van der Waals surface area contributed by atoms with Crippen LogP contribution < -0.4 is 4.74 Å². The van der Waals surface area contributed by atoms with E-state index in [1.165, 1.54) is 13.2 Å². The molecule has 3 nitrogen and oxygen atoms in total. The molecule has 1 saturated heterocycles. The largest absolute Gasteiger partial charge is 0.491 e. The summed E-state index contributed by atoms with van der Waals surface area (Å²) in [6, 6.07) is 2.36. The molecule has 1 N–H and O–H groups in total. The predicted octanol–water partition coefficient (Wildman–Crippen LogP) is 1.97. The van der Waals surface area contributed by atoms with Crippen molar-refractivity contribution in [2.75, 3.05) is 20.3 Å². The average Bonchev–Trinajstić information content (AvgIpc) is 2.30. The molecule has 0 aromatic heterocycles. The van der Waals surface area contributed by atoms with Crippen molar-refractivity contribution in [3.63, 3.8) is 0 Å². The van der Waals surface area contributed by atoms with Crippen molar-refractivity contribution in [3.05, 3.63) is 29.3 Å². The Morgan fingerprint density at radius 1 is 1.29 bits per heavy atom. The minimum atomic E-state index is -1.30. The molecule has 0 saturated carbocycles. The minimum Gasteiger partial charge on any atom is -0.491 e. The molecular formula is C12H14F2O3. The zero-order chi connectivity index (χ0) is 12.5. The number of rotatable bonds is 2. The van der Waals surface area contributed by atoms with Gasteiger partial charge >= 0.3 is 0 Å². The monoisotopic (exact) mass is 244 g/mol. The first-order chi connectivity index (χ1) is 8.08. The van der Waals surface area contributed by atoms with Gasteiger partial charge in [-0.3, -0.25) is 0 Å². The molecule has 1 fully saturated rings. The lowest BCUT2D eigenvalue weighted by atomic mass is 9.86. The summed E-state index contributed by atoms with van der Waals surface area (Å²) in [6.07, 6.45) is 0.581. The third kappa shape index (κ3) is 2.12. The number of aliphatic hydroxyl groups is 1. The van der Waals surface area contributed by atoms with Crippen LogP contribution in [0.25, 0.3) is 0 Å². The molecule has 5 heteroatoms. The molecule has 0 spiro atoms. The molecule has 1 aromatic rings. The van der Waals surface area contributed by atoms with Gasteiger partial charge in [-0.15, -0.1) is 0 Å². The quantitative estimate of drug-likeness (QED) is 0.864. The van der Waals surface area contributed by atoms with Crippen molar-refractivity contribution >= 4 is 0 Å². The second kappa shape index (κ2) is 4.58. The van der Waals surface area contributed by atoms with Gasteiger partial charge in [0, 0.05) is 31.6 Å². The van der Waals surface area contributed by atoms with Crippen LogP contribution in [0.1, 0.15) is 18.4 Å². The number of ether oxygens (including phenoxy) is 2. The summed E-state index contributed by atoms with van der Waals surface area (Å²) in [5.74, 6) is -2.07. The van der Waals surface area contributed by atoms with E-state index in [1.807, 2.05) is 0 Å². The molecule has 0 radical (unpaired) electrons. The summed E-state index contributed by atoms with van der Waals surface area (Å²) in [4.78, 5) is 0. The van der Waals surface area contributed by atoms with Crippen LogP contribution in [0.15, 0.2) is 12.1 Å². The Morgan fingerprint density at radius 3 is 2.53 bits per heavy atom. The highest BCUT2D eigenvalue weighted by molar-refractivity contribution is 5.36. The zero-order valence-electron chi connectivity index (χ0n) is 9.50. The highest BCUT2D eigenvalue weighted by atomic mass is 19.1. The Labute approximate surface area is 98.0 Å². The lowest BCUT2D eigenvalue weighted by Crippen LogP contribution is -2.34. The van der Waals surface area contributed by atoms with Crippen molar-refractivity contribution in [1.29, 1.82) is 0 Å². The van der Waals surface area contributed by atoms with Crippen molar-refractivity contribution in [2.24, 2.45) is 0 Å². The highest BCUT2D eigenvalue weighted by Gasteiger charge is 2.35. The van der Waals surface area contributed by atoms with E-state index >= 15 is 0 Å². The van der Waals surface area contributed by atoms with E-state index < -0.39 is 23.0 Å². The van der Waals surface area contributed by atoms with Gasteiger partial charge in [0.2, 0.25) is 0 Å². The summed E-state index contributed by atoms with van der Waals surface area (Å²) in [5.41, 5.74) is -1.23. The second-order valence-electron chi connectivity index (χ2n) is 4.09. The predicted molar refractivity (Wildman–Crippen MR) is 56.9 cm³/mol. The van der Waals surface area contributed by atoms with Crippen LogP contribution in [-0.2, 0) is 10.3 Å². The Kier molecular flexibility index (Phi) is 3.31. The molecule has 2 rings (SSSR count). The maximum absolute atomic E-state index is 14.0. The topological polar surface area (TPSA) is 38.7 Å². The fourth-order valence-corrected chi connectivity index (χ4v) is 2.06. The molecule has 1 aliphatic heterocycles. The van der Waals surface area contributed by atoms with Crippen molar-refractivity contribution < 1.29 is 23.4 Å². The number of benzene rings is 1. The summed E-state index contributed by atoms with van der Waals surface area (Å²) in [7, 11) is 1.19. The molecule has 1 aromatic carbocycles. The van der Waals surface area contributed by atoms with Crippen LogP contribution in [-0.4, -0.2) is 25.4 Å². The Bertz CT molecular complexity index is 414. The van der Waals surface area contributed by atoms with E-state index in [0.717, 1.165) is 6.07 Å². The molecule has 0 aliphatic carbocycles. The number of methoxy groups -OCH3 is 1. The Balaban J connectivity index is 2.44. The van der Waals surface area contributed by atoms with Crippen LogP contribution in [0.2, 0.25) is 0 Å². The first kappa shape index (κ1) is 12.3. The molecule has 17 heavy (non-hydrogen) atoms. The number of hydrogen-bond donors (Lipinski definition) is 1. The van der Waals surface area contributed by atoms with Gasteiger partial charge in [-0.05, 0) is 6.07 Å². The molecule has 0 amide bonds. The lowest BCUT2D eigenvalue weighted by molar-refractivity contribution is -0.0700. The van der Waals surface area contributed by atoms with Crippen LogP contribution in [0, 0.1) is 11.6 Å². The van der Waals surface area contributed by atoms with Gasteiger partial charge < -0.3 is 14.6 Å². The van der Waals surface area contributed by atoms with Crippen molar-refractivity contribution in [3.8, 4) is 5.75 Å².